The highest BCUT2D eigenvalue weighted by Crippen LogP contribution is 2.30. The van der Waals surface area contributed by atoms with Crippen LogP contribution >= 0.6 is 11.8 Å². The maximum Gasteiger partial charge on any atom is 0.329 e. The summed E-state index contributed by atoms with van der Waals surface area (Å²) in [5.41, 5.74) is -0.128. The number of carbonyl (C=O) groups excluding carboxylic acids is 2. The normalized spacial score (nSPS) is 15.1. The summed E-state index contributed by atoms with van der Waals surface area (Å²) < 4.78 is 37.5. The Morgan fingerprint density at radius 2 is 1.89 bits per heavy atom. The number of anilines is 1. The van der Waals surface area contributed by atoms with Gasteiger partial charge in [-0.05, 0) is 30.6 Å². The summed E-state index contributed by atoms with van der Waals surface area (Å²) in [5, 5.41) is 14.6. The Kier molecular flexibility index (Phi) is 9.81. The summed E-state index contributed by atoms with van der Waals surface area (Å²) in [7, 11) is -3.95. The minimum Gasteiger partial charge on any atom is -0.456 e. The molecule has 0 amide bonds. The second kappa shape index (κ2) is 12.8. The average molecular weight is 538 g/mol. The maximum atomic E-state index is 12.9. The van der Waals surface area contributed by atoms with E-state index in [0.29, 0.717) is 11.3 Å². The van der Waals surface area contributed by atoms with Gasteiger partial charge in [-0.1, -0.05) is 30.3 Å². The third-order valence-electron chi connectivity index (χ3n) is 5.44. The standard InChI is InChI=1S/C23H27N3O8S2/c1-35-14-9-20(23(28)34-16-22(27)17-5-3-2-4-6-17)24-19-8-7-18(15-21(19)26(29)30)36(31,32)25-10-12-33-13-11-25/h2-8,15,20,24H,9-14,16H2,1H3/t20-/m0/s1. The number of rotatable bonds is 12. The summed E-state index contributed by atoms with van der Waals surface area (Å²) in [6.07, 6.45) is 2.11. The number of hydrogen-bond donors (Lipinski definition) is 1. The van der Waals surface area contributed by atoms with E-state index in [-0.39, 0.29) is 49.1 Å². The van der Waals surface area contributed by atoms with Crippen molar-refractivity contribution < 1.29 is 32.4 Å². The number of benzene rings is 2. The predicted molar refractivity (Wildman–Crippen MR) is 135 cm³/mol. The highest BCUT2D eigenvalue weighted by Gasteiger charge is 2.30. The molecule has 0 radical (unpaired) electrons. The van der Waals surface area contributed by atoms with Crippen LogP contribution in [0.2, 0.25) is 0 Å². The lowest BCUT2D eigenvalue weighted by Crippen LogP contribution is -2.40. The Morgan fingerprint density at radius 3 is 2.53 bits per heavy atom. The van der Waals surface area contributed by atoms with E-state index in [4.69, 9.17) is 9.47 Å². The van der Waals surface area contributed by atoms with E-state index in [1.807, 2.05) is 6.26 Å². The minimum atomic E-state index is -3.95. The van der Waals surface area contributed by atoms with Crippen LogP contribution < -0.4 is 5.32 Å². The second-order valence-electron chi connectivity index (χ2n) is 7.83. The van der Waals surface area contributed by atoms with Gasteiger partial charge in [0.2, 0.25) is 10.0 Å². The molecule has 1 fully saturated rings. The first-order valence-corrected chi connectivity index (χ1v) is 13.9. The van der Waals surface area contributed by atoms with E-state index in [2.05, 4.69) is 5.32 Å². The van der Waals surface area contributed by atoms with Crippen LogP contribution in [0.3, 0.4) is 0 Å². The average Bonchev–Trinajstić information content (AvgIpc) is 2.90. The second-order valence-corrected chi connectivity index (χ2v) is 10.8. The van der Waals surface area contributed by atoms with Gasteiger partial charge in [0, 0.05) is 24.7 Å². The zero-order valence-electron chi connectivity index (χ0n) is 19.6. The molecule has 0 unspecified atom stereocenters. The molecule has 1 saturated heterocycles. The van der Waals surface area contributed by atoms with Crippen molar-refractivity contribution in [2.45, 2.75) is 17.4 Å². The molecule has 1 atom stereocenters. The van der Waals surface area contributed by atoms with Crippen LogP contribution in [0.25, 0.3) is 0 Å². The molecular weight excluding hydrogens is 510 g/mol. The number of ketones is 1. The van der Waals surface area contributed by atoms with Gasteiger partial charge in [-0.15, -0.1) is 0 Å². The van der Waals surface area contributed by atoms with Crippen molar-refractivity contribution in [2.24, 2.45) is 0 Å². The summed E-state index contributed by atoms with van der Waals surface area (Å²) in [6, 6.07) is 10.9. The molecule has 0 bridgehead atoms. The molecule has 1 heterocycles. The van der Waals surface area contributed by atoms with Crippen LogP contribution in [0.15, 0.2) is 53.4 Å². The number of Topliss-reactive ketones (excluding diaryl/α,β-unsaturated/α-hetero) is 1. The maximum absolute atomic E-state index is 12.9. The molecule has 1 N–H and O–H groups in total. The van der Waals surface area contributed by atoms with Crippen LogP contribution in [0.1, 0.15) is 16.8 Å². The van der Waals surface area contributed by atoms with Crippen molar-refractivity contribution in [3.8, 4) is 0 Å². The number of nitro groups is 1. The van der Waals surface area contributed by atoms with Gasteiger partial charge in [0.1, 0.15) is 11.7 Å². The van der Waals surface area contributed by atoms with Crippen LogP contribution in [0.5, 0.6) is 0 Å². The third-order valence-corrected chi connectivity index (χ3v) is 7.98. The number of carbonyl (C=O) groups is 2. The summed E-state index contributed by atoms with van der Waals surface area (Å²) >= 11 is 1.47. The highest BCUT2D eigenvalue weighted by atomic mass is 32.2. The van der Waals surface area contributed by atoms with Crippen molar-refractivity contribution in [2.75, 3.05) is 50.2 Å². The number of sulfonamides is 1. The number of morpholine rings is 1. The van der Waals surface area contributed by atoms with Crippen molar-refractivity contribution in [3.63, 3.8) is 0 Å². The highest BCUT2D eigenvalue weighted by molar-refractivity contribution is 7.98. The van der Waals surface area contributed by atoms with E-state index in [1.54, 1.807) is 30.3 Å². The fourth-order valence-corrected chi connectivity index (χ4v) is 5.40. The molecule has 194 valence electrons. The first-order chi connectivity index (χ1) is 17.2. The monoisotopic (exact) mass is 537 g/mol. The predicted octanol–water partition coefficient (Wildman–Crippen LogP) is 2.58. The molecule has 0 spiro atoms. The largest absolute Gasteiger partial charge is 0.456 e. The Hall–Kier alpha value is -3.00. The van der Waals surface area contributed by atoms with Gasteiger partial charge in [-0.3, -0.25) is 14.9 Å². The van der Waals surface area contributed by atoms with E-state index >= 15 is 0 Å². The van der Waals surface area contributed by atoms with E-state index in [1.165, 1.54) is 28.2 Å². The fourth-order valence-electron chi connectivity index (χ4n) is 3.50. The zero-order chi connectivity index (χ0) is 26.1. The minimum absolute atomic E-state index is 0.0293. The van der Waals surface area contributed by atoms with Crippen molar-refractivity contribution in [1.82, 2.24) is 4.31 Å². The van der Waals surface area contributed by atoms with E-state index < -0.39 is 39.3 Å². The third kappa shape index (κ3) is 7.03. The van der Waals surface area contributed by atoms with Crippen molar-refractivity contribution >= 4 is 44.9 Å². The van der Waals surface area contributed by atoms with Crippen molar-refractivity contribution in [1.29, 1.82) is 0 Å². The number of hydrogen-bond acceptors (Lipinski definition) is 10. The lowest BCUT2D eigenvalue weighted by molar-refractivity contribution is -0.384. The number of nitro benzene ring substituents is 1. The van der Waals surface area contributed by atoms with Gasteiger partial charge < -0.3 is 14.8 Å². The molecule has 2 aromatic rings. The first kappa shape index (κ1) is 27.6. The molecule has 36 heavy (non-hydrogen) atoms. The smallest absolute Gasteiger partial charge is 0.329 e. The number of nitrogens with zero attached hydrogens (tertiary/aromatic N) is 2. The zero-order valence-corrected chi connectivity index (χ0v) is 21.3. The molecule has 0 aromatic heterocycles. The number of thioether (sulfide) groups is 1. The van der Waals surface area contributed by atoms with Gasteiger partial charge in [-0.2, -0.15) is 16.1 Å². The molecule has 13 heteroatoms. The molecule has 0 saturated carbocycles. The number of nitrogens with one attached hydrogen (secondary N) is 1. The number of esters is 1. The molecule has 1 aliphatic heterocycles. The Morgan fingerprint density at radius 1 is 1.19 bits per heavy atom. The van der Waals surface area contributed by atoms with Crippen LogP contribution in [-0.4, -0.2) is 80.4 Å². The van der Waals surface area contributed by atoms with Gasteiger partial charge >= 0.3 is 5.97 Å². The molecular formula is C23H27N3O8S2. The van der Waals surface area contributed by atoms with Crippen molar-refractivity contribution in [3.05, 3.63) is 64.2 Å². The fraction of sp³-hybridized carbons (Fsp3) is 0.391. The molecule has 3 rings (SSSR count). The van der Waals surface area contributed by atoms with E-state index in [9.17, 15) is 28.1 Å². The number of ether oxygens (including phenoxy) is 2. The quantitative estimate of drug-likeness (QED) is 0.186. The van der Waals surface area contributed by atoms with Crippen LogP contribution in [0.4, 0.5) is 11.4 Å². The lowest BCUT2D eigenvalue weighted by atomic mass is 10.1. The van der Waals surface area contributed by atoms with Gasteiger partial charge in [0.05, 0.1) is 23.0 Å². The molecule has 0 aliphatic carbocycles. The van der Waals surface area contributed by atoms with Gasteiger partial charge in [0.15, 0.2) is 12.4 Å². The first-order valence-electron chi connectivity index (χ1n) is 11.1. The van der Waals surface area contributed by atoms with Crippen LogP contribution in [0, 0.1) is 10.1 Å². The molecule has 11 nitrogen and oxygen atoms in total. The van der Waals surface area contributed by atoms with Crippen LogP contribution in [-0.2, 0) is 24.3 Å². The van der Waals surface area contributed by atoms with Gasteiger partial charge in [0.25, 0.3) is 5.69 Å². The Bertz CT molecular complexity index is 1190. The van der Waals surface area contributed by atoms with E-state index in [0.717, 1.165) is 6.07 Å². The lowest BCUT2D eigenvalue weighted by Gasteiger charge is -2.26. The Labute approximate surface area is 213 Å². The summed E-state index contributed by atoms with van der Waals surface area (Å²) in [4.78, 5) is 35.9. The summed E-state index contributed by atoms with van der Waals surface area (Å²) in [5.74, 6) is -0.583. The summed E-state index contributed by atoms with van der Waals surface area (Å²) in [6.45, 7) is 0.319. The van der Waals surface area contributed by atoms with Gasteiger partial charge in [-0.25, -0.2) is 13.2 Å². The SMILES string of the molecule is CSCC[C@H](Nc1ccc(S(=O)(=O)N2CCOCC2)cc1[N+](=O)[O-])C(=O)OCC(=O)c1ccccc1. The topological polar surface area (TPSA) is 145 Å². The molecule has 1 aliphatic rings. The molecule has 2 aromatic carbocycles. The Balaban J connectivity index is 1.78.